The van der Waals surface area contributed by atoms with Crippen molar-refractivity contribution in [3.63, 3.8) is 0 Å². The lowest BCUT2D eigenvalue weighted by atomic mass is 9.99. The molecule has 1 unspecified atom stereocenters. The fraction of sp³-hybridized carbons (Fsp3) is 0.265. The van der Waals surface area contributed by atoms with Crippen LogP contribution < -0.4 is 14.9 Å². The number of thiocarbonyl (C=S) groups is 1. The Bertz CT molecular complexity index is 2020. The van der Waals surface area contributed by atoms with Crippen LogP contribution >= 0.6 is 23.6 Å². The minimum atomic E-state index is -4.78. The molecule has 5 rings (SSSR count). The van der Waals surface area contributed by atoms with Gasteiger partial charge in [-0.25, -0.2) is 14.5 Å². The van der Waals surface area contributed by atoms with Crippen molar-refractivity contribution in [3.8, 4) is 28.5 Å². The molecule has 1 N–H and O–H groups in total. The van der Waals surface area contributed by atoms with E-state index in [-0.39, 0.29) is 10.9 Å². The van der Waals surface area contributed by atoms with Crippen LogP contribution in [-0.4, -0.2) is 56.0 Å². The number of rotatable bonds is 8. The Balaban J connectivity index is 1.40. The van der Waals surface area contributed by atoms with E-state index in [1.165, 1.54) is 64.2 Å². The van der Waals surface area contributed by atoms with Crippen molar-refractivity contribution < 1.29 is 27.4 Å². The Labute approximate surface area is 290 Å². The number of aryl methyl sites for hydroxylation is 2. The average molecular weight is 710 g/mol. The number of nitrogens with one attached hydrogen (secondary N) is 1. The van der Waals surface area contributed by atoms with E-state index in [1.54, 1.807) is 31.3 Å². The Morgan fingerprint density at radius 1 is 1.06 bits per heavy atom. The van der Waals surface area contributed by atoms with Crippen LogP contribution in [0.4, 0.5) is 18.0 Å². The summed E-state index contributed by atoms with van der Waals surface area (Å²) in [5.41, 5.74) is 6.21. The number of hydrogen-bond acceptors (Lipinski definition) is 7. The van der Waals surface area contributed by atoms with Gasteiger partial charge in [-0.3, -0.25) is 9.47 Å². The molecule has 5 aromatic rings. The molecule has 0 bridgehead atoms. The van der Waals surface area contributed by atoms with Crippen molar-refractivity contribution >= 4 is 34.8 Å². The minimum absolute atomic E-state index is 0.172. The maximum Gasteiger partial charge on any atom is 0.573 e. The van der Waals surface area contributed by atoms with Crippen molar-refractivity contribution in [1.29, 1.82) is 0 Å². The van der Waals surface area contributed by atoms with E-state index in [1.807, 2.05) is 12.3 Å². The maximum atomic E-state index is 12.7. The van der Waals surface area contributed by atoms with Gasteiger partial charge >= 0.3 is 12.5 Å². The molecule has 0 saturated carbocycles. The molecule has 1 amide bonds. The third-order valence-electron chi connectivity index (χ3n) is 7.55. The van der Waals surface area contributed by atoms with E-state index in [0.29, 0.717) is 33.4 Å². The van der Waals surface area contributed by atoms with E-state index in [9.17, 15) is 18.0 Å². The number of halogens is 3. The second-order valence-electron chi connectivity index (χ2n) is 11.4. The molecule has 2 heterocycles. The number of aromatic nitrogens is 4. The van der Waals surface area contributed by atoms with Crippen molar-refractivity contribution in [3.05, 3.63) is 106 Å². The van der Waals surface area contributed by atoms with Gasteiger partial charge in [-0.1, -0.05) is 50.2 Å². The second-order valence-corrected chi connectivity index (χ2v) is 12.7. The van der Waals surface area contributed by atoms with Gasteiger partial charge in [0, 0.05) is 23.7 Å². The van der Waals surface area contributed by atoms with Gasteiger partial charge in [0.05, 0.1) is 18.5 Å². The molecule has 10 nitrogen and oxygen atoms in total. The van der Waals surface area contributed by atoms with Gasteiger partial charge in [0.2, 0.25) is 0 Å². The number of amides is 1. The molecule has 3 aromatic carbocycles. The largest absolute Gasteiger partial charge is 0.573 e. The topological polar surface area (TPSA) is 98.8 Å². The van der Waals surface area contributed by atoms with E-state index in [0.717, 1.165) is 16.9 Å². The van der Waals surface area contributed by atoms with Gasteiger partial charge in [0.25, 0.3) is 0 Å². The zero-order valence-electron chi connectivity index (χ0n) is 27.5. The van der Waals surface area contributed by atoms with Crippen LogP contribution in [0.5, 0.6) is 5.75 Å². The highest BCUT2D eigenvalue weighted by molar-refractivity contribution is 7.80. The lowest BCUT2D eigenvalue weighted by Crippen LogP contribution is -2.41. The number of alkyl halides is 3. The summed E-state index contributed by atoms with van der Waals surface area (Å²) in [6, 6.07) is 18.8. The van der Waals surface area contributed by atoms with Gasteiger partial charge in [-0.2, -0.15) is 4.99 Å². The van der Waals surface area contributed by atoms with Gasteiger partial charge < -0.3 is 14.8 Å². The number of hydrogen-bond donors (Lipinski definition) is 1. The maximum absolute atomic E-state index is 12.7. The first-order valence-electron chi connectivity index (χ1n) is 15.1. The molecule has 256 valence electrons. The Kier molecular flexibility index (Phi) is 10.5. The summed E-state index contributed by atoms with van der Waals surface area (Å²) in [6.45, 7) is 8.38. The average Bonchev–Trinajstić information content (AvgIpc) is 3.69. The Morgan fingerprint density at radius 3 is 2.39 bits per heavy atom. The minimum Gasteiger partial charge on any atom is -0.453 e. The molecule has 0 aliphatic rings. The van der Waals surface area contributed by atoms with Crippen LogP contribution in [0, 0.1) is 13.8 Å². The number of carbonyl (C=O) groups excluding carboxylic acids is 1. The Morgan fingerprint density at radius 2 is 1.76 bits per heavy atom. The highest BCUT2D eigenvalue weighted by atomic mass is 32.1. The zero-order chi connectivity index (χ0) is 35.5. The normalized spacial score (nSPS) is 12.6. The van der Waals surface area contributed by atoms with Crippen molar-refractivity contribution in [2.75, 3.05) is 14.2 Å². The van der Waals surface area contributed by atoms with E-state index < -0.39 is 18.6 Å². The number of methoxy groups -OCH3 is 1. The van der Waals surface area contributed by atoms with Crippen LogP contribution in [0.3, 0.4) is 0 Å². The third kappa shape index (κ3) is 8.35. The van der Waals surface area contributed by atoms with Gasteiger partial charge in [-0.15, -0.1) is 29.6 Å². The van der Waals surface area contributed by atoms with Crippen LogP contribution in [0.1, 0.15) is 48.3 Å². The predicted molar refractivity (Wildman–Crippen MR) is 185 cm³/mol. The monoisotopic (exact) mass is 709 g/mol. The van der Waals surface area contributed by atoms with Crippen LogP contribution in [-0.2, 0) is 4.74 Å². The summed E-state index contributed by atoms with van der Waals surface area (Å²) >= 11 is 7.19. The molecule has 0 spiro atoms. The molecule has 0 saturated heterocycles. The standard InChI is InChI=1S/C34H34F3N7O3S2/c1-20(2)27-16-7-21(3)17-28(27)44-22(4)18-49-32(44)40-31(48)39-30(42(5)33(45)46-6)24-10-8-23(9-11-24)29-38-19-43(41-29)25-12-14-26(15-13-25)47-34(35,36)37/h7-20,30H,1-6H3,(H,39,48). The van der Waals surface area contributed by atoms with E-state index in [2.05, 4.69) is 63.7 Å². The van der Waals surface area contributed by atoms with Crippen molar-refractivity contribution in [1.82, 2.24) is 29.5 Å². The molecule has 0 fully saturated rings. The summed E-state index contributed by atoms with van der Waals surface area (Å²) in [6.07, 6.45) is -4.64. The summed E-state index contributed by atoms with van der Waals surface area (Å²) in [4.78, 5) is 23.8. The van der Waals surface area contributed by atoms with E-state index >= 15 is 0 Å². The molecule has 0 aliphatic carbocycles. The molecule has 0 aliphatic heterocycles. The molecular weight excluding hydrogens is 676 g/mol. The summed E-state index contributed by atoms with van der Waals surface area (Å²) in [5.74, 6) is 0.336. The lowest BCUT2D eigenvalue weighted by Gasteiger charge is -2.28. The fourth-order valence-electron chi connectivity index (χ4n) is 5.12. The van der Waals surface area contributed by atoms with Crippen LogP contribution in [0.25, 0.3) is 22.8 Å². The van der Waals surface area contributed by atoms with Gasteiger partial charge in [-0.05, 0) is 79.0 Å². The number of benzene rings is 3. The Hall–Kier alpha value is -5.02. The third-order valence-corrected chi connectivity index (χ3v) is 8.70. The first-order valence-corrected chi connectivity index (χ1v) is 16.3. The quantitative estimate of drug-likeness (QED) is 0.131. The molecular formula is C34H34F3N7O3S2. The predicted octanol–water partition coefficient (Wildman–Crippen LogP) is 7.60. The lowest BCUT2D eigenvalue weighted by molar-refractivity contribution is -0.274. The number of nitrogens with zero attached hydrogens (tertiary/aromatic N) is 6. The van der Waals surface area contributed by atoms with Crippen molar-refractivity contribution in [2.45, 2.75) is 46.1 Å². The van der Waals surface area contributed by atoms with Crippen molar-refractivity contribution in [2.24, 2.45) is 4.99 Å². The van der Waals surface area contributed by atoms with Crippen LogP contribution in [0.15, 0.2) is 83.4 Å². The number of ether oxygens (including phenoxy) is 2. The summed E-state index contributed by atoms with van der Waals surface area (Å²) in [5, 5.41) is 9.87. The molecule has 2 aromatic heterocycles. The smallest absolute Gasteiger partial charge is 0.453 e. The van der Waals surface area contributed by atoms with Gasteiger partial charge in [0.1, 0.15) is 18.2 Å². The van der Waals surface area contributed by atoms with Crippen LogP contribution in [0.2, 0.25) is 0 Å². The fourth-order valence-corrected chi connectivity index (χ4v) is 6.25. The van der Waals surface area contributed by atoms with E-state index in [4.69, 9.17) is 21.9 Å². The number of carbonyl (C=O) groups is 1. The highest BCUT2D eigenvalue weighted by Crippen LogP contribution is 2.27. The highest BCUT2D eigenvalue weighted by Gasteiger charge is 2.31. The second kappa shape index (κ2) is 14.6. The van der Waals surface area contributed by atoms with Gasteiger partial charge in [0.15, 0.2) is 15.7 Å². The molecule has 0 radical (unpaired) electrons. The SMILES string of the molecule is COC(=O)N(C)C(NC(=S)N=c1scc(C)n1-c1cc(C)ccc1C(C)C)c1ccc(-c2ncn(-c3ccc(OC(F)(F)F)cc3)n2)cc1. The molecule has 1 atom stereocenters. The molecule has 15 heteroatoms. The number of thiazole rings is 1. The summed E-state index contributed by atoms with van der Waals surface area (Å²) < 4.78 is 50.0. The molecule has 49 heavy (non-hydrogen) atoms. The first-order chi connectivity index (χ1) is 23.2. The first kappa shape index (κ1) is 35.3. The zero-order valence-corrected chi connectivity index (χ0v) is 29.2. The summed E-state index contributed by atoms with van der Waals surface area (Å²) in [7, 11) is 2.89.